The van der Waals surface area contributed by atoms with Gasteiger partial charge in [-0.1, -0.05) is 11.6 Å². The zero-order valence-electron chi connectivity index (χ0n) is 13.7. The Labute approximate surface area is 154 Å². The second kappa shape index (κ2) is 7.44. The van der Waals surface area contributed by atoms with Crippen LogP contribution in [-0.4, -0.2) is 40.9 Å². The van der Waals surface area contributed by atoms with Gasteiger partial charge in [-0.2, -0.15) is 5.10 Å². The van der Waals surface area contributed by atoms with Gasteiger partial charge < -0.3 is 5.32 Å². The Morgan fingerprint density at radius 3 is 2.62 bits per heavy atom. The Bertz CT molecular complexity index is 662. The minimum Gasteiger partial charge on any atom is -0.317 e. The molecule has 2 aliphatic rings. The number of nitrogens with zero attached hydrogens (tertiary/aromatic N) is 3. The summed E-state index contributed by atoms with van der Waals surface area (Å²) in [6, 6.07) is 7.80. The highest BCUT2D eigenvalue weighted by Crippen LogP contribution is 2.38. The molecule has 24 heavy (non-hydrogen) atoms. The van der Waals surface area contributed by atoms with E-state index in [0.717, 1.165) is 17.3 Å². The van der Waals surface area contributed by atoms with Crippen LogP contribution < -0.4 is 5.32 Å². The maximum atomic E-state index is 5.95. The van der Waals surface area contributed by atoms with Crippen molar-refractivity contribution in [3.05, 3.63) is 47.2 Å². The van der Waals surface area contributed by atoms with Gasteiger partial charge in [-0.25, -0.2) is 4.68 Å². The molecule has 0 amide bonds. The monoisotopic (exact) mass is 366 g/mol. The van der Waals surface area contributed by atoms with Crippen molar-refractivity contribution in [2.24, 2.45) is 5.41 Å². The molecule has 0 bridgehead atoms. The second-order valence-corrected chi connectivity index (χ2v) is 7.42. The summed E-state index contributed by atoms with van der Waals surface area (Å²) in [6.07, 6.45) is 8.12. The molecule has 0 unspecified atom stereocenters. The lowest BCUT2D eigenvalue weighted by Gasteiger charge is -2.33. The van der Waals surface area contributed by atoms with Crippen molar-refractivity contribution in [2.75, 3.05) is 26.2 Å². The molecule has 2 fully saturated rings. The molecular formula is C18H24Cl2N4. The number of rotatable bonds is 3. The van der Waals surface area contributed by atoms with Crippen LogP contribution in [0.4, 0.5) is 0 Å². The van der Waals surface area contributed by atoms with Crippen LogP contribution in [0.5, 0.6) is 0 Å². The predicted octanol–water partition coefficient (Wildman–Crippen LogP) is 3.52. The SMILES string of the molecule is Cl.Clc1ccc(-n2cc(CN3CCC4(CCNCC4)C3)cn2)cc1. The lowest BCUT2D eigenvalue weighted by molar-refractivity contribution is 0.194. The van der Waals surface area contributed by atoms with E-state index in [-0.39, 0.29) is 12.4 Å². The topological polar surface area (TPSA) is 33.1 Å². The van der Waals surface area contributed by atoms with Crippen molar-refractivity contribution in [2.45, 2.75) is 25.8 Å². The fourth-order valence-corrected chi connectivity index (χ4v) is 4.09. The molecule has 6 heteroatoms. The van der Waals surface area contributed by atoms with E-state index in [4.69, 9.17) is 11.6 Å². The van der Waals surface area contributed by atoms with E-state index in [1.54, 1.807) is 0 Å². The second-order valence-electron chi connectivity index (χ2n) is 6.98. The molecule has 0 radical (unpaired) electrons. The van der Waals surface area contributed by atoms with Crippen molar-refractivity contribution in [1.29, 1.82) is 0 Å². The minimum atomic E-state index is 0. The average molecular weight is 367 g/mol. The van der Waals surface area contributed by atoms with Crippen LogP contribution in [0.3, 0.4) is 0 Å². The van der Waals surface area contributed by atoms with Gasteiger partial charge in [0.2, 0.25) is 0 Å². The third kappa shape index (κ3) is 3.77. The molecule has 1 aromatic heterocycles. The fourth-order valence-electron chi connectivity index (χ4n) is 3.96. The Kier molecular flexibility index (Phi) is 5.50. The van der Waals surface area contributed by atoms with Gasteiger partial charge >= 0.3 is 0 Å². The van der Waals surface area contributed by atoms with Crippen LogP contribution in [0.2, 0.25) is 5.02 Å². The largest absolute Gasteiger partial charge is 0.317 e. The van der Waals surface area contributed by atoms with Gasteiger partial charge in [-0.3, -0.25) is 4.90 Å². The van der Waals surface area contributed by atoms with Crippen LogP contribution in [0.25, 0.3) is 5.69 Å². The van der Waals surface area contributed by atoms with Crippen LogP contribution in [-0.2, 0) is 6.54 Å². The number of hydrogen-bond acceptors (Lipinski definition) is 3. The summed E-state index contributed by atoms with van der Waals surface area (Å²) in [7, 11) is 0. The van der Waals surface area contributed by atoms with Crippen LogP contribution in [0.1, 0.15) is 24.8 Å². The Morgan fingerprint density at radius 1 is 1.12 bits per heavy atom. The number of benzene rings is 1. The van der Waals surface area contributed by atoms with Gasteiger partial charge in [0.1, 0.15) is 0 Å². The first-order valence-electron chi connectivity index (χ1n) is 8.45. The summed E-state index contributed by atoms with van der Waals surface area (Å²) in [5.41, 5.74) is 2.90. The maximum Gasteiger partial charge on any atom is 0.0646 e. The first-order chi connectivity index (χ1) is 11.2. The highest BCUT2D eigenvalue weighted by Gasteiger charge is 2.38. The number of likely N-dealkylation sites (tertiary alicyclic amines) is 1. The molecule has 2 aromatic rings. The normalized spacial score (nSPS) is 20.2. The summed E-state index contributed by atoms with van der Waals surface area (Å²) in [5.74, 6) is 0. The first-order valence-corrected chi connectivity index (χ1v) is 8.83. The number of halogens is 2. The third-order valence-corrected chi connectivity index (χ3v) is 5.57. The molecule has 1 N–H and O–H groups in total. The molecule has 3 heterocycles. The molecule has 4 nitrogen and oxygen atoms in total. The van der Waals surface area contributed by atoms with Crippen LogP contribution in [0, 0.1) is 5.41 Å². The summed E-state index contributed by atoms with van der Waals surface area (Å²) < 4.78 is 1.93. The lowest BCUT2D eigenvalue weighted by atomic mass is 9.78. The standard InChI is InChI=1S/C18H23ClN4.ClH/c19-16-1-3-17(4-2-16)23-13-15(11-21-23)12-22-10-7-18(14-22)5-8-20-9-6-18;/h1-4,11,13,20H,5-10,12,14H2;1H. The van der Waals surface area contributed by atoms with Gasteiger partial charge in [0.25, 0.3) is 0 Å². The number of hydrogen-bond donors (Lipinski definition) is 1. The molecular weight excluding hydrogens is 343 g/mol. The first kappa shape index (κ1) is 17.7. The third-order valence-electron chi connectivity index (χ3n) is 5.32. The Morgan fingerprint density at radius 2 is 1.88 bits per heavy atom. The van der Waals surface area contributed by atoms with Gasteiger partial charge in [-0.15, -0.1) is 12.4 Å². The molecule has 130 valence electrons. The summed E-state index contributed by atoms with van der Waals surface area (Å²) in [5, 5.41) is 8.74. The molecule has 1 aromatic carbocycles. The van der Waals surface area contributed by atoms with E-state index in [9.17, 15) is 0 Å². The smallest absolute Gasteiger partial charge is 0.0646 e. The van der Waals surface area contributed by atoms with E-state index >= 15 is 0 Å². The van der Waals surface area contributed by atoms with Crippen molar-refractivity contribution in [3.8, 4) is 5.69 Å². The lowest BCUT2D eigenvalue weighted by Crippen LogP contribution is -2.38. The van der Waals surface area contributed by atoms with E-state index in [2.05, 4.69) is 21.5 Å². The van der Waals surface area contributed by atoms with Gasteiger partial charge in [0, 0.05) is 29.9 Å². The van der Waals surface area contributed by atoms with Crippen molar-refractivity contribution < 1.29 is 0 Å². The zero-order valence-corrected chi connectivity index (χ0v) is 15.3. The molecule has 2 saturated heterocycles. The van der Waals surface area contributed by atoms with E-state index in [0.29, 0.717) is 5.41 Å². The minimum absolute atomic E-state index is 0. The summed E-state index contributed by atoms with van der Waals surface area (Å²) >= 11 is 5.95. The quantitative estimate of drug-likeness (QED) is 0.901. The molecule has 0 saturated carbocycles. The van der Waals surface area contributed by atoms with E-state index < -0.39 is 0 Å². The van der Waals surface area contributed by atoms with Gasteiger partial charge in [-0.05, 0) is 68.6 Å². The van der Waals surface area contributed by atoms with Crippen molar-refractivity contribution >= 4 is 24.0 Å². The number of piperidine rings is 1. The van der Waals surface area contributed by atoms with Crippen LogP contribution in [0.15, 0.2) is 36.7 Å². The van der Waals surface area contributed by atoms with E-state index in [1.165, 1.54) is 51.0 Å². The average Bonchev–Trinajstić information content (AvgIpc) is 3.17. The molecule has 2 aliphatic heterocycles. The van der Waals surface area contributed by atoms with Gasteiger partial charge in [0.15, 0.2) is 0 Å². The zero-order chi connectivity index (χ0) is 15.7. The van der Waals surface area contributed by atoms with Crippen LogP contribution >= 0.6 is 24.0 Å². The maximum absolute atomic E-state index is 5.95. The predicted molar refractivity (Wildman–Crippen MR) is 100 cm³/mol. The van der Waals surface area contributed by atoms with E-state index in [1.807, 2.05) is 35.1 Å². The molecule has 1 spiro atoms. The molecule has 0 aliphatic carbocycles. The number of aromatic nitrogens is 2. The summed E-state index contributed by atoms with van der Waals surface area (Å²) in [6.45, 7) is 5.82. The highest BCUT2D eigenvalue weighted by atomic mass is 35.5. The molecule has 4 rings (SSSR count). The Balaban J connectivity index is 0.00000169. The van der Waals surface area contributed by atoms with Crippen molar-refractivity contribution in [1.82, 2.24) is 20.0 Å². The van der Waals surface area contributed by atoms with Crippen molar-refractivity contribution in [3.63, 3.8) is 0 Å². The fraction of sp³-hybridized carbons (Fsp3) is 0.500. The number of nitrogens with one attached hydrogen (secondary N) is 1. The highest BCUT2D eigenvalue weighted by molar-refractivity contribution is 6.30. The Hall–Kier alpha value is -1.07. The molecule has 0 atom stereocenters. The summed E-state index contributed by atoms with van der Waals surface area (Å²) in [4.78, 5) is 2.59. The van der Waals surface area contributed by atoms with Gasteiger partial charge in [0.05, 0.1) is 11.9 Å².